The smallest absolute Gasteiger partial charge is 0.291 e. The maximum absolute atomic E-state index is 12.2. The molecule has 0 aliphatic rings. The average molecular weight is 312 g/mol. The van der Waals surface area contributed by atoms with Crippen LogP contribution in [0.25, 0.3) is 0 Å². The lowest BCUT2D eigenvalue weighted by molar-refractivity contribution is -0.387. The van der Waals surface area contributed by atoms with E-state index in [2.05, 4.69) is 15.2 Å². The Hall–Kier alpha value is -2.62. The van der Waals surface area contributed by atoms with Gasteiger partial charge in [-0.3, -0.25) is 10.1 Å². The summed E-state index contributed by atoms with van der Waals surface area (Å²) in [5.41, 5.74) is 0.370. The molecule has 1 aromatic carbocycles. The van der Waals surface area contributed by atoms with Crippen LogP contribution in [0.1, 0.15) is 5.69 Å². The zero-order valence-electron chi connectivity index (χ0n) is 11.2. The number of aromatic nitrogens is 1. The van der Waals surface area contributed by atoms with Crippen LogP contribution in [0, 0.1) is 17.0 Å². The van der Waals surface area contributed by atoms with Crippen LogP contribution in [-0.4, -0.2) is 25.5 Å². The molecule has 0 fully saturated rings. The van der Waals surface area contributed by atoms with Gasteiger partial charge in [-0.1, -0.05) is 5.16 Å². The Morgan fingerprint density at radius 2 is 2.05 bits per heavy atom. The number of hydrogen-bond donors (Lipinski definition) is 2. The largest absolute Gasteiger partial charge is 0.388 e. The van der Waals surface area contributed by atoms with Gasteiger partial charge >= 0.3 is 0 Å². The van der Waals surface area contributed by atoms with E-state index in [4.69, 9.17) is 4.52 Å². The summed E-state index contributed by atoms with van der Waals surface area (Å²) in [6.07, 6.45) is 0. The van der Waals surface area contributed by atoms with Crippen LogP contribution in [0.4, 0.5) is 17.3 Å². The molecule has 9 nitrogen and oxygen atoms in total. The Balaban J connectivity index is 2.46. The number of rotatable bonds is 5. The summed E-state index contributed by atoms with van der Waals surface area (Å²) in [5, 5.41) is 17.3. The van der Waals surface area contributed by atoms with Crippen molar-refractivity contribution < 1.29 is 17.9 Å². The molecule has 1 heterocycles. The molecule has 0 aliphatic carbocycles. The van der Waals surface area contributed by atoms with Gasteiger partial charge in [-0.25, -0.2) is 13.1 Å². The van der Waals surface area contributed by atoms with Gasteiger partial charge in [0.05, 0.1) is 10.6 Å². The van der Waals surface area contributed by atoms with Crippen molar-refractivity contribution in [2.45, 2.75) is 11.8 Å². The van der Waals surface area contributed by atoms with Crippen molar-refractivity contribution in [2.75, 3.05) is 17.1 Å². The van der Waals surface area contributed by atoms with Gasteiger partial charge in [0.2, 0.25) is 5.88 Å². The van der Waals surface area contributed by atoms with Crippen LogP contribution in [0.15, 0.2) is 33.7 Å². The SMILES string of the molecule is CNc1ccc(S(=O)(=O)Nc2cc(C)no2)c([N+](=O)[O-])c1. The van der Waals surface area contributed by atoms with Crippen molar-refractivity contribution in [1.82, 2.24) is 5.16 Å². The van der Waals surface area contributed by atoms with Crippen molar-refractivity contribution in [1.29, 1.82) is 0 Å². The molecule has 0 saturated heterocycles. The van der Waals surface area contributed by atoms with Crippen LogP contribution in [-0.2, 0) is 10.0 Å². The molecule has 0 radical (unpaired) electrons. The average Bonchev–Trinajstić information content (AvgIpc) is 2.82. The Kier molecular flexibility index (Phi) is 3.80. The number of nitrogens with zero attached hydrogens (tertiary/aromatic N) is 2. The lowest BCUT2D eigenvalue weighted by Crippen LogP contribution is -2.14. The first kappa shape index (κ1) is 14.8. The molecule has 21 heavy (non-hydrogen) atoms. The summed E-state index contributed by atoms with van der Waals surface area (Å²) in [6.45, 7) is 1.62. The van der Waals surface area contributed by atoms with E-state index < -0.39 is 25.5 Å². The fraction of sp³-hybridized carbons (Fsp3) is 0.182. The molecule has 0 bridgehead atoms. The monoisotopic (exact) mass is 312 g/mol. The normalized spacial score (nSPS) is 11.1. The molecule has 0 aliphatic heterocycles. The molecule has 0 amide bonds. The number of hydrogen-bond acceptors (Lipinski definition) is 7. The van der Waals surface area contributed by atoms with E-state index in [1.807, 2.05) is 0 Å². The molecule has 0 spiro atoms. The first-order valence-electron chi connectivity index (χ1n) is 5.76. The number of nitrogens with one attached hydrogen (secondary N) is 2. The highest BCUT2D eigenvalue weighted by Gasteiger charge is 2.27. The molecule has 0 atom stereocenters. The van der Waals surface area contributed by atoms with Gasteiger partial charge in [-0.2, -0.15) is 0 Å². The van der Waals surface area contributed by atoms with Crippen molar-refractivity contribution in [3.8, 4) is 0 Å². The van der Waals surface area contributed by atoms with E-state index in [-0.39, 0.29) is 5.88 Å². The predicted octanol–water partition coefficient (Wildman–Crippen LogP) is 1.73. The summed E-state index contributed by atoms with van der Waals surface area (Å²) in [6, 6.07) is 5.08. The third-order valence-corrected chi connectivity index (χ3v) is 3.99. The molecule has 0 unspecified atom stereocenters. The minimum Gasteiger partial charge on any atom is -0.388 e. The molecule has 2 N–H and O–H groups in total. The highest BCUT2D eigenvalue weighted by molar-refractivity contribution is 7.92. The molecule has 2 rings (SSSR count). The number of sulfonamides is 1. The lowest BCUT2D eigenvalue weighted by Gasteiger charge is -2.07. The number of anilines is 2. The number of nitro benzene ring substituents is 1. The van der Waals surface area contributed by atoms with Crippen molar-refractivity contribution >= 4 is 27.3 Å². The van der Waals surface area contributed by atoms with Crippen molar-refractivity contribution in [3.05, 3.63) is 40.1 Å². The van der Waals surface area contributed by atoms with Gasteiger partial charge in [0.15, 0.2) is 4.90 Å². The van der Waals surface area contributed by atoms with Crippen LogP contribution < -0.4 is 10.0 Å². The van der Waals surface area contributed by atoms with Crippen molar-refractivity contribution in [3.63, 3.8) is 0 Å². The Labute approximate surface area is 120 Å². The number of nitro groups is 1. The second-order valence-corrected chi connectivity index (χ2v) is 5.78. The molecule has 0 saturated carbocycles. The summed E-state index contributed by atoms with van der Waals surface area (Å²) in [4.78, 5) is 9.82. The lowest BCUT2D eigenvalue weighted by atomic mass is 10.3. The molecule has 112 valence electrons. The predicted molar refractivity (Wildman–Crippen MR) is 74.7 cm³/mol. The van der Waals surface area contributed by atoms with E-state index in [0.29, 0.717) is 11.4 Å². The number of aryl methyl sites for hydroxylation is 1. The Bertz CT molecular complexity index is 784. The van der Waals surface area contributed by atoms with Gasteiger partial charge in [0.25, 0.3) is 15.7 Å². The van der Waals surface area contributed by atoms with Gasteiger partial charge < -0.3 is 9.84 Å². The highest BCUT2D eigenvalue weighted by atomic mass is 32.2. The van der Waals surface area contributed by atoms with Crippen LogP contribution in [0.3, 0.4) is 0 Å². The molecule has 2 aromatic rings. The van der Waals surface area contributed by atoms with E-state index in [9.17, 15) is 18.5 Å². The van der Waals surface area contributed by atoms with E-state index in [1.165, 1.54) is 12.1 Å². The van der Waals surface area contributed by atoms with E-state index in [1.54, 1.807) is 14.0 Å². The fourth-order valence-electron chi connectivity index (χ4n) is 1.64. The van der Waals surface area contributed by atoms with E-state index >= 15 is 0 Å². The maximum Gasteiger partial charge on any atom is 0.291 e. The summed E-state index contributed by atoms with van der Waals surface area (Å²) in [7, 11) is -2.58. The first-order chi connectivity index (χ1) is 9.83. The number of benzene rings is 1. The second kappa shape index (κ2) is 5.40. The Morgan fingerprint density at radius 1 is 1.33 bits per heavy atom. The van der Waals surface area contributed by atoms with Gasteiger partial charge in [0.1, 0.15) is 0 Å². The summed E-state index contributed by atoms with van der Waals surface area (Å²) in [5.74, 6) is -0.112. The van der Waals surface area contributed by atoms with Crippen molar-refractivity contribution in [2.24, 2.45) is 0 Å². The van der Waals surface area contributed by atoms with E-state index in [0.717, 1.165) is 12.1 Å². The first-order valence-corrected chi connectivity index (χ1v) is 7.24. The summed E-state index contributed by atoms with van der Waals surface area (Å²) >= 11 is 0. The zero-order chi connectivity index (χ0) is 15.6. The third-order valence-electron chi connectivity index (χ3n) is 2.60. The van der Waals surface area contributed by atoms with Gasteiger partial charge in [-0.15, -0.1) is 0 Å². The molecular weight excluding hydrogens is 300 g/mol. The Morgan fingerprint density at radius 3 is 2.57 bits per heavy atom. The maximum atomic E-state index is 12.2. The fourth-order valence-corrected chi connectivity index (χ4v) is 2.77. The van der Waals surface area contributed by atoms with Crippen LogP contribution in [0.2, 0.25) is 0 Å². The second-order valence-electron chi connectivity index (χ2n) is 4.13. The van der Waals surface area contributed by atoms with Crippen LogP contribution >= 0.6 is 0 Å². The third kappa shape index (κ3) is 3.11. The molecule has 10 heteroatoms. The standard InChI is InChI=1S/C11H12N4O5S/c1-7-5-11(20-13-7)14-21(18,19)10-4-3-8(12-2)6-9(10)15(16)17/h3-6,12,14H,1-2H3. The van der Waals surface area contributed by atoms with Gasteiger partial charge in [-0.05, 0) is 19.1 Å². The quantitative estimate of drug-likeness (QED) is 0.635. The highest BCUT2D eigenvalue weighted by Crippen LogP contribution is 2.28. The topological polar surface area (TPSA) is 127 Å². The summed E-state index contributed by atoms with van der Waals surface area (Å²) < 4.78 is 31.3. The zero-order valence-corrected chi connectivity index (χ0v) is 12.0. The minimum atomic E-state index is -4.15. The molecular formula is C11H12N4O5S. The van der Waals surface area contributed by atoms with Crippen LogP contribution in [0.5, 0.6) is 0 Å². The molecule has 1 aromatic heterocycles. The van der Waals surface area contributed by atoms with Gasteiger partial charge in [0, 0.05) is 24.9 Å². The minimum absolute atomic E-state index is 0.112.